The van der Waals surface area contributed by atoms with Crippen LogP contribution < -0.4 is 5.73 Å². The predicted octanol–water partition coefficient (Wildman–Crippen LogP) is 0.455. The number of ether oxygens (including phenoxy) is 2. The van der Waals surface area contributed by atoms with Crippen LogP contribution in [0.2, 0.25) is 0 Å². The molecule has 1 aliphatic heterocycles. The van der Waals surface area contributed by atoms with E-state index in [4.69, 9.17) is 15.2 Å². The van der Waals surface area contributed by atoms with Gasteiger partial charge in [0.05, 0.1) is 0 Å². The molecule has 0 aromatic carbocycles. The number of nitrogens with two attached hydrogens (primary N) is 1. The molecule has 0 saturated carbocycles. The highest BCUT2D eigenvalue weighted by atomic mass is 16.6. The second-order valence-electron chi connectivity index (χ2n) is 4.69. The van der Waals surface area contributed by atoms with E-state index in [1.165, 1.54) is 4.90 Å². The molecule has 1 saturated heterocycles. The lowest BCUT2D eigenvalue weighted by Gasteiger charge is -2.40. The normalized spacial score (nSPS) is 20.2. The Kier molecular flexibility index (Phi) is 3.74. The molecule has 1 heterocycles. The minimum absolute atomic E-state index is 0.177. The molecule has 2 amide bonds. The summed E-state index contributed by atoms with van der Waals surface area (Å²) < 4.78 is 10.3. The standard InChI is InChI=1S/C10H18N2O4/c1-10(2,3)16-9(14)12-5-4-8(12)15-6-7(11)13/h8H,4-6H2,1-3H3,(H2,11,13). The smallest absolute Gasteiger partial charge is 0.412 e. The van der Waals surface area contributed by atoms with Gasteiger partial charge in [-0.25, -0.2) is 4.79 Å². The van der Waals surface area contributed by atoms with Gasteiger partial charge in [0.25, 0.3) is 0 Å². The molecule has 0 radical (unpaired) electrons. The Morgan fingerprint density at radius 2 is 2.06 bits per heavy atom. The maximum Gasteiger partial charge on any atom is 0.412 e. The van der Waals surface area contributed by atoms with Gasteiger partial charge in [0, 0.05) is 13.0 Å². The summed E-state index contributed by atoms with van der Waals surface area (Å²) in [5.41, 5.74) is 4.42. The third kappa shape index (κ3) is 3.69. The molecule has 6 heteroatoms. The van der Waals surface area contributed by atoms with Gasteiger partial charge in [0.1, 0.15) is 18.4 Å². The van der Waals surface area contributed by atoms with Crippen molar-refractivity contribution < 1.29 is 19.1 Å². The van der Waals surface area contributed by atoms with E-state index >= 15 is 0 Å². The van der Waals surface area contributed by atoms with Gasteiger partial charge < -0.3 is 15.2 Å². The molecule has 16 heavy (non-hydrogen) atoms. The summed E-state index contributed by atoms with van der Waals surface area (Å²) in [5, 5.41) is 0. The van der Waals surface area contributed by atoms with E-state index < -0.39 is 17.6 Å². The molecular weight excluding hydrogens is 212 g/mol. The first kappa shape index (κ1) is 12.8. The number of carbonyl (C=O) groups excluding carboxylic acids is 2. The highest BCUT2D eigenvalue weighted by Crippen LogP contribution is 2.21. The van der Waals surface area contributed by atoms with E-state index in [0.717, 1.165) is 0 Å². The molecule has 1 aliphatic rings. The fourth-order valence-corrected chi connectivity index (χ4v) is 1.24. The minimum Gasteiger partial charge on any atom is -0.444 e. The third-order valence-corrected chi connectivity index (χ3v) is 2.01. The number of amides is 2. The summed E-state index contributed by atoms with van der Waals surface area (Å²) in [6.07, 6.45) is -0.109. The van der Waals surface area contributed by atoms with Crippen LogP contribution in [0.5, 0.6) is 0 Å². The number of nitrogens with zero attached hydrogens (tertiary/aromatic N) is 1. The number of hydrogen-bond donors (Lipinski definition) is 1. The highest BCUT2D eigenvalue weighted by Gasteiger charge is 2.36. The first-order valence-corrected chi connectivity index (χ1v) is 5.19. The van der Waals surface area contributed by atoms with Crippen molar-refractivity contribution in [3.63, 3.8) is 0 Å². The van der Waals surface area contributed by atoms with Crippen molar-refractivity contribution in [3.8, 4) is 0 Å². The maximum absolute atomic E-state index is 11.6. The van der Waals surface area contributed by atoms with Crippen LogP contribution in [0.3, 0.4) is 0 Å². The summed E-state index contributed by atoms with van der Waals surface area (Å²) in [6, 6.07) is 0. The van der Waals surface area contributed by atoms with Crippen molar-refractivity contribution in [2.45, 2.75) is 39.0 Å². The Bertz CT molecular complexity index is 285. The zero-order valence-corrected chi connectivity index (χ0v) is 9.86. The van der Waals surface area contributed by atoms with E-state index in [0.29, 0.717) is 13.0 Å². The molecule has 0 aromatic heterocycles. The summed E-state index contributed by atoms with van der Waals surface area (Å²) >= 11 is 0. The van der Waals surface area contributed by atoms with Crippen LogP contribution in [-0.2, 0) is 14.3 Å². The second-order valence-corrected chi connectivity index (χ2v) is 4.69. The van der Waals surface area contributed by atoms with Gasteiger partial charge in [-0.05, 0) is 20.8 Å². The fraction of sp³-hybridized carbons (Fsp3) is 0.800. The van der Waals surface area contributed by atoms with Gasteiger partial charge in [-0.15, -0.1) is 0 Å². The monoisotopic (exact) mass is 230 g/mol. The van der Waals surface area contributed by atoms with Gasteiger partial charge in [-0.2, -0.15) is 0 Å². The van der Waals surface area contributed by atoms with E-state index in [-0.39, 0.29) is 12.8 Å². The number of hydrogen-bond acceptors (Lipinski definition) is 4. The molecule has 92 valence electrons. The second kappa shape index (κ2) is 4.69. The van der Waals surface area contributed by atoms with Gasteiger partial charge in [0.15, 0.2) is 0 Å². The van der Waals surface area contributed by atoms with Gasteiger partial charge in [-0.1, -0.05) is 0 Å². The topological polar surface area (TPSA) is 81.9 Å². The average Bonchev–Trinajstić information content (AvgIpc) is 1.96. The molecule has 2 N–H and O–H groups in total. The summed E-state index contributed by atoms with van der Waals surface area (Å²) in [7, 11) is 0. The predicted molar refractivity (Wildman–Crippen MR) is 56.5 cm³/mol. The van der Waals surface area contributed by atoms with E-state index in [1.54, 1.807) is 20.8 Å². The molecule has 0 spiro atoms. The third-order valence-electron chi connectivity index (χ3n) is 2.01. The highest BCUT2D eigenvalue weighted by molar-refractivity contribution is 5.75. The van der Waals surface area contributed by atoms with Crippen LogP contribution in [-0.4, -0.2) is 41.9 Å². The Morgan fingerprint density at radius 3 is 2.44 bits per heavy atom. The zero-order chi connectivity index (χ0) is 12.3. The SMILES string of the molecule is CC(C)(C)OC(=O)N1CCC1OCC(N)=O. The Labute approximate surface area is 94.7 Å². The molecule has 1 fully saturated rings. The number of likely N-dealkylation sites (tertiary alicyclic amines) is 1. The molecule has 0 bridgehead atoms. The summed E-state index contributed by atoms with van der Waals surface area (Å²) in [6.45, 7) is 5.79. The zero-order valence-electron chi connectivity index (χ0n) is 9.86. The van der Waals surface area contributed by atoms with Crippen LogP contribution in [0.1, 0.15) is 27.2 Å². The van der Waals surface area contributed by atoms with Gasteiger partial charge >= 0.3 is 6.09 Å². The average molecular weight is 230 g/mol. The molecule has 0 aromatic rings. The van der Waals surface area contributed by atoms with E-state index in [1.807, 2.05) is 0 Å². The molecule has 1 rings (SSSR count). The fourth-order valence-electron chi connectivity index (χ4n) is 1.24. The van der Waals surface area contributed by atoms with Crippen molar-refractivity contribution in [2.75, 3.05) is 13.2 Å². The summed E-state index contributed by atoms with van der Waals surface area (Å²) in [5.74, 6) is -0.545. The maximum atomic E-state index is 11.6. The molecule has 6 nitrogen and oxygen atoms in total. The van der Waals surface area contributed by atoms with Crippen LogP contribution in [0.15, 0.2) is 0 Å². The number of carbonyl (C=O) groups is 2. The van der Waals surface area contributed by atoms with E-state index in [2.05, 4.69) is 0 Å². The lowest BCUT2D eigenvalue weighted by molar-refractivity contribution is -0.142. The Hall–Kier alpha value is -1.30. The lowest BCUT2D eigenvalue weighted by Crippen LogP contribution is -2.54. The summed E-state index contributed by atoms with van der Waals surface area (Å²) in [4.78, 5) is 23.6. The Balaban J connectivity index is 2.37. The van der Waals surface area contributed by atoms with E-state index in [9.17, 15) is 9.59 Å². The van der Waals surface area contributed by atoms with Crippen molar-refractivity contribution in [3.05, 3.63) is 0 Å². The first-order valence-electron chi connectivity index (χ1n) is 5.19. The number of rotatable bonds is 3. The quantitative estimate of drug-likeness (QED) is 0.763. The van der Waals surface area contributed by atoms with Crippen LogP contribution in [0.25, 0.3) is 0 Å². The lowest BCUT2D eigenvalue weighted by atomic mass is 10.2. The molecule has 1 unspecified atom stereocenters. The van der Waals surface area contributed by atoms with Crippen molar-refractivity contribution in [1.82, 2.24) is 4.90 Å². The Morgan fingerprint density at radius 1 is 1.44 bits per heavy atom. The molecule has 1 atom stereocenters. The molecular formula is C10H18N2O4. The van der Waals surface area contributed by atoms with Gasteiger partial charge in [-0.3, -0.25) is 9.69 Å². The van der Waals surface area contributed by atoms with Gasteiger partial charge in [0.2, 0.25) is 5.91 Å². The number of primary amides is 1. The van der Waals surface area contributed by atoms with Crippen LogP contribution in [0.4, 0.5) is 4.79 Å². The largest absolute Gasteiger partial charge is 0.444 e. The van der Waals surface area contributed by atoms with Crippen LogP contribution >= 0.6 is 0 Å². The van der Waals surface area contributed by atoms with Crippen molar-refractivity contribution in [1.29, 1.82) is 0 Å². The minimum atomic E-state index is -0.545. The van der Waals surface area contributed by atoms with Crippen molar-refractivity contribution in [2.24, 2.45) is 5.73 Å². The van der Waals surface area contributed by atoms with Crippen molar-refractivity contribution >= 4 is 12.0 Å². The first-order chi connectivity index (χ1) is 7.29. The molecule has 0 aliphatic carbocycles. The van der Waals surface area contributed by atoms with Crippen LogP contribution in [0, 0.1) is 0 Å².